The minimum absolute atomic E-state index is 0.0589. The molecule has 0 radical (unpaired) electrons. The van der Waals surface area contributed by atoms with Gasteiger partial charge in [-0.3, -0.25) is 9.69 Å². The Morgan fingerprint density at radius 1 is 1.29 bits per heavy atom. The molecule has 0 saturated heterocycles. The van der Waals surface area contributed by atoms with E-state index < -0.39 is 5.54 Å². The molecular formula is C13H17Cl2NO. The minimum Gasteiger partial charge on any atom is -0.297 e. The van der Waals surface area contributed by atoms with Crippen molar-refractivity contribution >= 4 is 29.0 Å². The molecule has 0 aromatic heterocycles. The number of Topliss-reactive ketones (excluding diaryl/α,β-unsaturated/α-hetero) is 1. The van der Waals surface area contributed by atoms with Crippen molar-refractivity contribution in [3.8, 4) is 0 Å². The second kappa shape index (κ2) is 5.38. The van der Waals surface area contributed by atoms with Crippen molar-refractivity contribution in [2.45, 2.75) is 25.8 Å². The van der Waals surface area contributed by atoms with E-state index >= 15 is 0 Å². The zero-order chi connectivity index (χ0) is 13.2. The lowest BCUT2D eigenvalue weighted by Gasteiger charge is -2.34. The second-order valence-corrected chi connectivity index (χ2v) is 5.29. The molecule has 1 unspecified atom stereocenters. The number of ketones is 1. The third-order valence-electron chi connectivity index (χ3n) is 3.35. The maximum Gasteiger partial charge on any atom is 0.182 e. The number of benzene rings is 1. The largest absolute Gasteiger partial charge is 0.297 e. The molecule has 17 heavy (non-hydrogen) atoms. The third-order valence-corrected chi connectivity index (χ3v) is 4.09. The molecular weight excluding hydrogens is 257 g/mol. The summed E-state index contributed by atoms with van der Waals surface area (Å²) in [7, 11) is 3.80. The van der Waals surface area contributed by atoms with Gasteiger partial charge in [-0.1, -0.05) is 30.1 Å². The molecule has 2 nitrogen and oxygen atoms in total. The van der Waals surface area contributed by atoms with Crippen molar-refractivity contribution in [1.29, 1.82) is 0 Å². The van der Waals surface area contributed by atoms with Gasteiger partial charge in [0.15, 0.2) is 5.78 Å². The zero-order valence-corrected chi connectivity index (χ0v) is 12.1. The molecule has 0 heterocycles. The Kier molecular flexibility index (Phi) is 4.59. The average Bonchev–Trinajstić information content (AvgIpc) is 2.30. The number of hydrogen-bond acceptors (Lipinski definition) is 2. The van der Waals surface area contributed by atoms with Crippen LogP contribution in [0.4, 0.5) is 0 Å². The Balaban J connectivity index is 3.15. The lowest BCUT2D eigenvalue weighted by Crippen LogP contribution is -2.48. The van der Waals surface area contributed by atoms with Crippen LogP contribution in [0.5, 0.6) is 0 Å². The first-order chi connectivity index (χ1) is 7.82. The monoisotopic (exact) mass is 273 g/mol. The fraction of sp³-hybridized carbons (Fsp3) is 0.462. The molecule has 0 aliphatic carbocycles. The maximum atomic E-state index is 12.5. The van der Waals surface area contributed by atoms with Crippen LogP contribution >= 0.6 is 23.2 Å². The number of carbonyl (C=O) groups excluding carboxylic acids is 1. The Bertz CT molecular complexity index is 431. The van der Waals surface area contributed by atoms with Gasteiger partial charge in [0.1, 0.15) is 0 Å². The van der Waals surface area contributed by atoms with Crippen molar-refractivity contribution in [2.24, 2.45) is 0 Å². The van der Waals surface area contributed by atoms with Gasteiger partial charge >= 0.3 is 0 Å². The average molecular weight is 274 g/mol. The number of carbonyl (C=O) groups is 1. The summed E-state index contributed by atoms with van der Waals surface area (Å²) in [4.78, 5) is 14.4. The highest BCUT2D eigenvalue weighted by Crippen LogP contribution is 2.27. The van der Waals surface area contributed by atoms with Crippen molar-refractivity contribution < 1.29 is 4.79 Å². The summed E-state index contributed by atoms with van der Waals surface area (Å²) in [6, 6.07) is 5.00. The van der Waals surface area contributed by atoms with Crippen LogP contribution in [-0.2, 0) is 0 Å². The predicted molar refractivity (Wildman–Crippen MR) is 73.2 cm³/mol. The van der Waals surface area contributed by atoms with Crippen LogP contribution < -0.4 is 0 Å². The first-order valence-electron chi connectivity index (χ1n) is 5.50. The van der Waals surface area contributed by atoms with Crippen molar-refractivity contribution in [1.82, 2.24) is 4.90 Å². The van der Waals surface area contributed by atoms with E-state index in [0.717, 1.165) is 6.42 Å². The van der Waals surface area contributed by atoms with Crippen LogP contribution in [0.25, 0.3) is 0 Å². The summed E-state index contributed by atoms with van der Waals surface area (Å²) < 4.78 is 0. The van der Waals surface area contributed by atoms with E-state index in [1.165, 1.54) is 0 Å². The summed E-state index contributed by atoms with van der Waals surface area (Å²) in [6.45, 7) is 3.92. The maximum absolute atomic E-state index is 12.5. The quantitative estimate of drug-likeness (QED) is 0.776. The molecule has 94 valence electrons. The van der Waals surface area contributed by atoms with E-state index in [0.29, 0.717) is 15.6 Å². The highest BCUT2D eigenvalue weighted by Gasteiger charge is 2.34. The van der Waals surface area contributed by atoms with Crippen molar-refractivity contribution in [3.63, 3.8) is 0 Å². The fourth-order valence-corrected chi connectivity index (χ4v) is 1.93. The lowest BCUT2D eigenvalue weighted by molar-refractivity contribution is 0.0710. The van der Waals surface area contributed by atoms with Gasteiger partial charge in [0.25, 0.3) is 0 Å². The van der Waals surface area contributed by atoms with Crippen molar-refractivity contribution in [3.05, 3.63) is 33.8 Å². The molecule has 0 fully saturated rings. The van der Waals surface area contributed by atoms with Crippen LogP contribution in [0.1, 0.15) is 30.6 Å². The Morgan fingerprint density at radius 2 is 1.88 bits per heavy atom. The van der Waals surface area contributed by atoms with Crippen LogP contribution in [0.3, 0.4) is 0 Å². The summed E-state index contributed by atoms with van der Waals surface area (Å²) in [6.07, 6.45) is 0.735. The van der Waals surface area contributed by atoms with Gasteiger partial charge < -0.3 is 0 Å². The van der Waals surface area contributed by atoms with E-state index in [1.54, 1.807) is 18.2 Å². The fourth-order valence-electron chi connectivity index (χ4n) is 1.63. The smallest absolute Gasteiger partial charge is 0.182 e. The number of halogens is 2. The molecule has 0 aliphatic heterocycles. The van der Waals surface area contributed by atoms with E-state index in [9.17, 15) is 4.79 Å². The molecule has 0 N–H and O–H groups in total. The predicted octanol–water partition coefficient (Wildman–Crippen LogP) is 3.91. The van der Waals surface area contributed by atoms with Gasteiger partial charge in [-0.05, 0) is 45.6 Å². The van der Waals surface area contributed by atoms with Gasteiger partial charge in [-0.15, -0.1) is 0 Å². The molecule has 1 aromatic rings. The lowest BCUT2D eigenvalue weighted by atomic mass is 9.87. The minimum atomic E-state index is -0.517. The van der Waals surface area contributed by atoms with Crippen LogP contribution in [-0.4, -0.2) is 30.3 Å². The van der Waals surface area contributed by atoms with E-state index in [2.05, 4.69) is 0 Å². The molecule has 4 heteroatoms. The first-order valence-corrected chi connectivity index (χ1v) is 6.25. The molecule has 1 atom stereocenters. The topological polar surface area (TPSA) is 20.3 Å². The Labute approximate surface area is 113 Å². The highest BCUT2D eigenvalue weighted by molar-refractivity contribution is 6.42. The molecule has 0 amide bonds. The van der Waals surface area contributed by atoms with E-state index in [-0.39, 0.29) is 5.78 Å². The zero-order valence-electron chi connectivity index (χ0n) is 10.6. The number of rotatable bonds is 4. The second-order valence-electron chi connectivity index (χ2n) is 4.48. The number of hydrogen-bond donors (Lipinski definition) is 0. The van der Waals surface area contributed by atoms with Gasteiger partial charge in [0.2, 0.25) is 0 Å². The van der Waals surface area contributed by atoms with Crippen molar-refractivity contribution in [2.75, 3.05) is 14.1 Å². The van der Waals surface area contributed by atoms with Gasteiger partial charge in [0, 0.05) is 5.56 Å². The van der Waals surface area contributed by atoms with Crippen LogP contribution in [0, 0.1) is 0 Å². The summed E-state index contributed by atoms with van der Waals surface area (Å²) in [5.41, 5.74) is 0.0782. The van der Waals surface area contributed by atoms with Gasteiger partial charge in [-0.2, -0.15) is 0 Å². The highest BCUT2D eigenvalue weighted by atomic mass is 35.5. The first kappa shape index (κ1) is 14.5. The van der Waals surface area contributed by atoms with Crippen LogP contribution in [0.2, 0.25) is 10.0 Å². The Hall–Kier alpha value is -0.570. The van der Waals surface area contributed by atoms with Gasteiger partial charge in [-0.25, -0.2) is 0 Å². The SMILES string of the molecule is CCC(C)(C(=O)c1ccc(Cl)c(Cl)c1)N(C)C. The molecule has 0 saturated carbocycles. The summed E-state index contributed by atoms with van der Waals surface area (Å²) in [5, 5.41) is 0.876. The number of likely N-dealkylation sites (N-methyl/N-ethyl adjacent to an activating group) is 1. The standard InChI is InChI=1S/C13H17Cl2NO/c1-5-13(2,16(3)4)12(17)9-6-7-10(14)11(15)8-9/h6-8H,5H2,1-4H3. The third kappa shape index (κ3) is 2.82. The number of nitrogens with zero attached hydrogens (tertiary/aromatic N) is 1. The molecule has 0 bridgehead atoms. The molecule has 0 spiro atoms. The molecule has 1 aromatic carbocycles. The normalized spacial score (nSPS) is 14.8. The molecule has 0 aliphatic rings. The van der Waals surface area contributed by atoms with E-state index in [4.69, 9.17) is 23.2 Å². The van der Waals surface area contributed by atoms with Crippen LogP contribution in [0.15, 0.2) is 18.2 Å². The summed E-state index contributed by atoms with van der Waals surface area (Å²) in [5.74, 6) is 0.0589. The summed E-state index contributed by atoms with van der Waals surface area (Å²) >= 11 is 11.8. The van der Waals surface area contributed by atoms with E-state index in [1.807, 2.05) is 32.8 Å². The Morgan fingerprint density at radius 3 is 2.29 bits per heavy atom. The molecule has 1 rings (SSSR count). The van der Waals surface area contributed by atoms with Gasteiger partial charge in [0.05, 0.1) is 15.6 Å².